The summed E-state index contributed by atoms with van der Waals surface area (Å²) in [5, 5.41) is 2.98. The van der Waals surface area contributed by atoms with Gasteiger partial charge in [-0.25, -0.2) is 9.97 Å². The van der Waals surface area contributed by atoms with E-state index < -0.39 is 0 Å². The second kappa shape index (κ2) is 5.63. The quantitative estimate of drug-likeness (QED) is 0.848. The molecule has 2 aromatic heterocycles. The molecule has 22 heavy (non-hydrogen) atoms. The van der Waals surface area contributed by atoms with Crippen LogP contribution in [0.3, 0.4) is 0 Å². The maximum Gasteiger partial charge on any atom is 0.269 e. The summed E-state index contributed by atoms with van der Waals surface area (Å²) in [5.74, 6) is 0.579. The van der Waals surface area contributed by atoms with Crippen LogP contribution in [0.4, 0.5) is 0 Å². The molecule has 0 bridgehead atoms. The van der Waals surface area contributed by atoms with Crippen molar-refractivity contribution in [2.45, 2.75) is 24.9 Å². The van der Waals surface area contributed by atoms with Gasteiger partial charge in [-0.15, -0.1) is 0 Å². The Balaban J connectivity index is 1.86. The van der Waals surface area contributed by atoms with E-state index >= 15 is 0 Å². The predicted octanol–water partition coefficient (Wildman–Crippen LogP) is 0.235. The molecule has 116 valence electrons. The van der Waals surface area contributed by atoms with Crippen LogP contribution >= 0.6 is 0 Å². The van der Waals surface area contributed by atoms with E-state index in [9.17, 15) is 9.59 Å². The Morgan fingerprint density at radius 3 is 2.91 bits per heavy atom. The van der Waals surface area contributed by atoms with E-state index in [1.54, 1.807) is 18.1 Å². The van der Waals surface area contributed by atoms with Crippen LogP contribution in [0, 0.1) is 0 Å². The molecule has 1 aliphatic heterocycles. The molecule has 3 rings (SSSR count). The number of aromatic amines is 1. The average Bonchev–Trinajstić information content (AvgIpc) is 3.15. The molecule has 8 heteroatoms. The first-order valence-corrected chi connectivity index (χ1v) is 7.10. The number of carbonyl (C=O) groups is 2. The zero-order valence-electron chi connectivity index (χ0n) is 12.5. The zero-order valence-corrected chi connectivity index (χ0v) is 12.5. The molecule has 1 saturated heterocycles. The number of hydrogen-bond acceptors (Lipinski definition) is 4. The summed E-state index contributed by atoms with van der Waals surface area (Å²) >= 11 is 0. The minimum Gasteiger partial charge on any atom is -0.345 e. The Bertz CT molecular complexity index is 677. The van der Waals surface area contributed by atoms with Crippen molar-refractivity contribution in [3.63, 3.8) is 0 Å². The minimum absolute atomic E-state index is 0.0556. The Kier molecular flexibility index (Phi) is 3.66. The van der Waals surface area contributed by atoms with Crippen molar-refractivity contribution in [2.75, 3.05) is 7.05 Å². The SMILES string of the molecule is CN1C(=O)CC[C@@H](NC(=O)c2cnc[nH]2)[C@@H]1c1nccn1C. The van der Waals surface area contributed by atoms with Crippen LogP contribution < -0.4 is 5.32 Å². The van der Waals surface area contributed by atoms with Gasteiger partial charge in [0.15, 0.2) is 0 Å². The lowest BCUT2D eigenvalue weighted by molar-refractivity contribution is -0.136. The molecule has 8 nitrogen and oxygen atoms in total. The zero-order chi connectivity index (χ0) is 15.7. The van der Waals surface area contributed by atoms with Gasteiger partial charge in [0.25, 0.3) is 5.91 Å². The Hall–Kier alpha value is -2.64. The number of carbonyl (C=O) groups excluding carboxylic acids is 2. The van der Waals surface area contributed by atoms with Gasteiger partial charge in [-0.2, -0.15) is 0 Å². The Labute approximate surface area is 127 Å². The van der Waals surface area contributed by atoms with Crippen molar-refractivity contribution in [2.24, 2.45) is 7.05 Å². The predicted molar refractivity (Wildman–Crippen MR) is 77.8 cm³/mol. The molecular formula is C14H18N6O2. The fourth-order valence-corrected chi connectivity index (χ4v) is 2.83. The number of hydrogen-bond donors (Lipinski definition) is 2. The molecule has 2 amide bonds. The van der Waals surface area contributed by atoms with Crippen molar-refractivity contribution >= 4 is 11.8 Å². The van der Waals surface area contributed by atoms with Crippen LogP contribution in [0.1, 0.15) is 35.2 Å². The number of aromatic nitrogens is 4. The normalized spacial score (nSPS) is 21.9. The van der Waals surface area contributed by atoms with E-state index in [1.807, 2.05) is 17.8 Å². The molecule has 2 N–H and O–H groups in total. The van der Waals surface area contributed by atoms with Gasteiger partial charge >= 0.3 is 0 Å². The fraction of sp³-hybridized carbons (Fsp3) is 0.429. The molecule has 0 aromatic carbocycles. The Morgan fingerprint density at radius 1 is 1.45 bits per heavy atom. The third-order valence-corrected chi connectivity index (χ3v) is 4.04. The van der Waals surface area contributed by atoms with Gasteiger partial charge in [-0.1, -0.05) is 0 Å². The summed E-state index contributed by atoms with van der Waals surface area (Å²) < 4.78 is 1.87. The first-order valence-electron chi connectivity index (χ1n) is 7.10. The van der Waals surface area contributed by atoms with Gasteiger partial charge in [0.2, 0.25) is 5.91 Å². The molecule has 0 aliphatic carbocycles. The molecule has 2 aromatic rings. The average molecular weight is 302 g/mol. The number of H-pyrrole nitrogens is 1. The number of aryl methyl sites for hydroxylation is 1. The lowest BCUT2D eigenvalue weighted by Gasteiger charge is -2.38. The third-order valence-electron chi connectivity index (χ3n) is 4.04. The van der Waals surface area contributed by atoms with Crippen molar-refractivity contribution in [3.05, 3.63) is 36.4 Å². The maximum atomic E-state index is 12.2. The first-order chi connectivity index (χ1) is 10.6. The standard InChI is InChI=1S/C14H18N6O2/c1-19-6-5-16-13(19)12-9(3-4-11(21)20(12)2)18-14(22)10-7-15-8-17-10/h5-9,12H,3-4H2,1-2H3,(H,15,17)(H,18,22)/t9-,12-/m1/s1. The summed E-state index contributed by atoms with van der Waals surface area (Å²) in [7, 11) is 3.62. The molecule has 0 saturated carbocycles. The highest BCUT2D eigenvalue weighted by Crippen LogP contribution is 2.29. The first kappa shape index (κ1) is 14.3. The van der Waals surface area contributed by atoms with Gasteiger partial charge in [-0.3, -0.25) is 9.59 Å². The number of piperidine rings is 1. The summed E-state index contributed by atoms with van der Waals surface area (Å²) in [6, 6.07) is -0.479. The van der Waals surface area contributed by atoms with Gasteiger partial charge in [-0.05, 0) is 6.42 Å². The Morgan fingerprint density at radius 2 is 2.27 bits per heavy atom. The number of nitrogens with zero attached hydrogens (tertiary/aromatic N) is 4. The van der Waals surface area contributed by atoms with E-state index in [1.165, 1.54) is 12.5 Å². The second-order valence-electron chi connectivity index (χ2n) is 5.43. The highest BCUT2D eigenvalue weighted by molar-refractivity contribution is 5.92. The molecule has 0 spiro atoms. The van der Waals surface area contributed by atoms with E-state index in [0.29, 0.717) is 18.5 Å². The fourth-order valence-electron chi connectivity index (χ4n) is 2.83. The molecule has 0 unspecified atom stereocenters. The van der Waals surface area contributed by atoms with Crippen LogP contribution in [-0.2, 0) is 11.8 Å². The highest BCUT2D eigenvalue weighted by atomic mass is 16.2. The lowest BCUT2D eigenvalue weighted by atomic mass is 9.95. The van der Waals surface area contributed by atoms with Crippen molar-refractivity contribution in [1.82, 2.24) is 29.7 Å². The number of imidazole rings is 2. The second-order valence-corrected chi connectivity index (χ2v) is 5.43. The van der Waals surface area contributed by atoms with E-state index in [-0.39, 0.29) is 23.9 Å². The maximum absolute atomic E-state index is 12.2. The largest absolute Gasteiger partial charge is 0.345 e. The summed E-state index contributed by atoms with van der Waals surface area (Å²) in [6.07, 6.45) is 7.45. The third kappa shape index (κ3) is 2.47. The topological polar surface area (TPSA) is 95.9 Å². The summed E-state index contributed by atoms with van der Waals surface area (Å²) in [5.41, 5.74) is 0.401. The van der Waals surface area contributed by atoms with Gasteiger partial charge in [0.1, 0.15) is 17.6 Å². The van der Waals surface area contributed by atoms with E-state index in [0.717, 1.165) is 5.82 Å². The van der Waals surface area contributed by atoms with Crippen LogP contribution in [-0.4, -0.2) is 49.3 Å². The molecule has 1 fully saturated rings. The van der Waals surface area contributed by atoms with E-state index in [4.69, 9.17) is 0 Å². The van der Waals surface area contributed by atoms with Gasteiger partial charge < -0.3 is 19.8 Å². The van der Waals surface area contributed by atoms with Crippen LogP contribution in [0.2, 0.25) is 0 Å². The summed E-state index contributed by atoms with van der Waals surface area (Å²) in [4.78, 5) is 36.9. The number of likely N-dealkylation sites (N-methyl/N-ethyl adjacent to an activating group) is 1. The van der Waals surface area contributed by atoms with Crippen molar-refractivity contribution in [1.29, 1.82) is 0 Å². The number of rotatable bonds is 3. The molecule has 3 heterocycles. The molecular weight excluding hydrogens is 284 g/mol. The highest BCUT2D eigenvalue weighted by Gasteiger charge is 2.37. The monoisotopic (exact) mass is 302 g/mol. The van der Waals surface area contributed by atoms with E-state index in [2.05, 4.69) is 20.3 Å². The van der Waals surface area contributed by atoms with Crippen LogP contribution in [0.25, 0.3) is 0 Å². The minimum atomic E-state index is -0.284. The smallest absolute Gasteiger partial charge is 0.269 e. The molecule has 0 radical (unpaired) electrons. The molecule has 2 atom stereocenters. The van der Waals surface area contributed by atoms with Crippen molar-refractivity contribution < 1.29 is 9.59 Å². The van der Waals surface area contributed by atoms with Crippen molar-refractivity contribution in [3.8, 4) is 0 Å². The van der Waals surface area contributed by atoms with Crippen LogP contribution in [0.15, 0.2) is 24.9 Å². The van der Waals surface area contributed by atoms with Gasteiger partial charge in [0.05, 0.1) is 18.6 Å². The molecule has 1 aliphatic rings. The summed E-state index contributed by atoms with van der Waals surface area (Å²) in [6.45, 7) is 0. The number of likely N-dealkylation sites (tertiary alicyclic amines) is 1. The van der Waals surface area contributed by atoms with Gasteiger partial charge in [0, 0.05) is 32.9 Å². The lowest BCUT2D eigenvalue weighted by Crippen LogP contribution is -2.51. The number of amides is 2. The number of nitrogens with one attached hydrogen (secondary N) is 2. The van der Waals surface area contributed by atoms with Crippen LogP contribution in [0.5, 0.6) is 0 Å².